The molecule has 1 aliphatic rings. The third-order valence-corrected chi connectivity index (χ3v) is 12.2. The van der Waals surface area contributed by atoms with Crippen LogP contribution in [0, 0.1) is 0 Å². The summed E-state index contributed by atoms with van der Waals surface area (Å²) in [5.41, 5.74) is 17.1. The standard InChI is InChI=1S/C58H41N5/c1-58(2)50-27-13-12-26-48(50)49-36-46(32-33-51(49)58)53-37-52(59-54(60-53)40-18-8-4-9-19-40)45-24-14-22-43(34-45)44-23-15-25-47(35-44)57-62-55(41-20-10-5-11-21-41)61-56(63-57)42-30-28-39(29-31-42)38-16-6-3-7-17-38/h3-37H,1-2H3. The minimum atomic E-state index is -0.0701. The smallest absolute Gasteiger partial charge is 0.164 e. The average Bonchev–Trinajstić information content (AvgIpc) is 3.59. The first-order valence-electron chi connectivity index (χ1n) is 21.3. The fourth-order valence-electron chi connectivity index (χ4n) is 8.83. The summed E-state index contributed by atoms with van der Waals surface area (Å²) < 4.78 is 0. The molecule has 0 fully saturated rings. The van der Waals surface area contributed by atoms with Crippen molar-refractivity contribution >= 4 is 0 Å². The van der Waals surface area contributed by atoms with Gasteiger partial charge in [-0.15, -0.1) is 0 Å². The molecule has 1 aliphatic carbocycles. The Morgan fingerprint density at radius 2 is 0.635 bits per heavy atom. The molecule has 0 saturated carbocycles. The molecule has 0 bridgehead atoms. The van der Waals surface area contributed by atoms with Gasteiger partial charge < -0.3 is 0 Å². The second-order valence-corrected chi connectivity index (χ2v) is 16.5. The molecule has 0 spiro atoms. The zero-order valence-electron chi connectivity index (χ0n) is 34.9. The van der Waals surface area contributed by atoms with E-state index in [1.807, 2.05) is 54.6 Å². The lowest BCUT2D eigenvalue weighted by Gasteiger charge is -2.21. The van der Waals surface area contributed by atoms with Gasteiger partial charge in [-0.25, -0.2) is 24.9 Å². The SMILES string of the molecule is CC1(C)c2ccccc2-c2cc(-c3cc(-c4cccc(-c5cccc(-c6nc(-c7ccccc7)nc(-c7ccc(-c8ccccc8)cc7)n6)c5)c4)nc(-c4ccccc4)n3)ccc21. The monoisotopic (exact) mass is 807 g/mol. The van der Waals surface area contributed by atoms with E-state index < -0.39 is 0 Å². The van der Waals surface area contributed by atoms with Gasteiger partial charge in [-0.1, -0.05) is 202 Å². The molecule has 10 aromatic rings. The summed E-state index contributed by atoms with van der Waals surface area (Å²) in [6.07, 6.45) is 0. The third kappa shape index (κ3) is 7.19. The summed E-state index contributed by atoms with van der Waals surface area (Å²) in [4.78, 5) is 25.5. The molecule has 0 unspecified atom stereocenters. The minimum Gasteiger partial charge on any atom is -0.228 e. The molecular weight excluding hydrogens is 767 g/mol. The summed E-state index contributed by atoms with van der Waals surface area (Å²) in [6.45, 7) is 4.62. The third-order valence-electron chi connectivity index (χ3n) is 12.2. The molecule has 0 amide bonds. The van der Waals surface area contributed by atoms with Gasteiger partial charge in [0.05, 0.1) is 11.4 Å². The minimum absolute atomic E-state index is 0.0701. The molecule has 0 aliphatic heterocycles. The fourth-order valence-corrected chi connectivity index (χ4v) is 8.83. The van der Waals surface area contributed by atoms with Gasteiger partial charge in [0.1, 0.15) is 0 Å². The van der Waals surface area contributed by atoms with Crippen LogP contribution < -0.4 is 0 Å². The zero-order valence-corrected chi connectivity index (χ0v) is 34.9. The Labute approximate surface area is 367 Å². The van der Waals surface area contributed by atoms with Crippen molar-refractivity contribution in [3.8, 4) is 101 Å². The van der Waals surface area contributed by atoms with E-state index in [1.165, 1.54) is 22.3 Å². The van der Waals surface area contributed by atoms with Gasteiger partial charge in [0.15, 0.2) is 23.3 Å². The quantitative estimate of drug-likeness (QED) is 0.153. The molecule has 63 heavy (non-hydrogen) atoms. The Morgan fingerprint density at radius 1 is 0.254 bits per heavy atom. The molecule has 11 rings (SSSR count). The number of fused-ring (bicyclic) bond motifs is 3. The van der Waals surface area contributed by atoms with Crippen molar-refractivity contribution in [2.75, 3.05) is 0 Å². The van der Waals surface area contributed by atoms with Crippen LogP contribution in [0.15, 0.2) is 212 Å². The van der Waals surface area contributed by atoms with Gasteiger partial charge in [0.25, 0.3) is 0 Å². The lowest BCUT2D eigenvalue weighted by atomic mass is 9.82. The van der Waals surface area contributed by atoms with E-state index in [9.17, 15) is 0 Å². The van der Waals surface area contributed by atoms with Gasteiger partial charge in [0.2, 0.25) is 0 Å². The molecule has 0 radical (unpaired) electrons. The van der Waals surface area contributed by atoms with Crippen LogP contribution in [-0.4, -0.2) is 24.9 Å². The number of aromatic nitrogens is 5. The van der Waals surface area contributed by atoms with Crippen molar-refractivity contribution in [1.82, 2.24) is 24.9 Å². The number of hydrogen-bond acceptors (Lipinski definition) is 5. The predicted molar refractivity (Wildman–Crippen MR) is 256 cm³/mol. The lowest BCUT2D eigenvalue weighted by Crippen LogP contribution is -2.14. The zero-order chi connectivity index (χ0) is 42.3. The van der Waals surface area contributed by atoms with Crippen molar-refractivity contribution in [2.24, 2.45) is 0 Å². The van der Waals surface area contributed by atoms with Crippen LogP contribution in [0.5, 0.6) is 0 Å². The molecule has 0 atom stereocenters. The van der Waals surface area contributed by atoms with Crippen molar-refractivity contribution in [2.45, 2.75) is 19.3 Å². The number of nitrogens with zero attached hydrogens (tertiary/aromatic N) is 5. The number of hydrogen-bond donors (Lipinski definition) is 0. The summed E-state index contributed by atoms with van der Waals surface area (Å²) >= 11 is 0. The first-order valence-corrected chi connectivity index (χ1v) is 21.3. The molecule has 5 heteroatoms. The van der Waals surface area contributed by atoms with Crippen molar-refractivity contribution < 1.29 is 0 Å². The van der Waals surface area contributed by atoms with Crippen molar-refractivity contribution in [3.63, 3.8) is 0 Å². The summed E-state index contributed by atoms with van der Waals surface area (Å²) in [7, 11) is 0. The molecule has 5 nitrogen and oxygen atoms in total. The topological polar surface area (TPSA) is 64.5 Å². The maximum Gasteiger partial charge on any atom is 0.164 e. The molecule has 0 N–H and O–H groups in total. The second-order valence-electron chi connectivity index (χ2n) is 16.5. The molecule has 2 aromatic heterocycles. The average molecular weight is 808 g/mol. The second kappa shape index (κ2) is 15.7. The van der Waals surface area contributed by atoms with E-state index in [-0.39, 0.29) is 5.41 Å². The maximum atomic E-state index is 5.19. The molecule has 298 valence electrons. The van der Waals surface area contributed by atoms with Crippen LogP contribution in [0.4, 0.5) is 0 Å². The number of benzene rings is 8. The van der Waals surface area contributed by atoms with Crippen molar-refractivity contribution in [3.05, 3.63) is 223 Å². The highest BCUT2D eigenvalue weighted by atomic mass is 15.0. The normalized spacial score (nSPS) is 12.4. The van der Waals surface area contributed by atoms with Gasteiger partial charge in [0, 0.05) is 38.8 Å². The van der Waals surface area contributed by atoms with Gasteiger partial charge in [-0.2, -0.15) is 0 Å². The molecule has 2 heterocycles. The highest BCUT2D eigenvalue weighted by molar-refractivity contribution is 5.85. The van der Waals surface area contributed by atoms with Crippen LogP contribution >= 0.6 is 0 Å². The predicted octanol–water partition coefficient (Wildman–Crippen LogP) is 14.3. The highest BCUT2D eigenvalue weighted by Gasteiger charge is 2.35. The van der Waals surface area contributed by atoms with E-state index in [1.54, 1.807) is 0 Å². The first kappa shape index (κ1) is 37.8. The Kier molecular flexibility index (Phi) is 9.43. The fraction of sp³-hybridized carbons (Fsp3) is 0.0517. The van der Waals surface area contributed by atoms with E-state index >= 15 is 0 Å². The summed E-state index contributed by atoms with van der Waals surface area (Å²) in [5.74, 6) is 2.54. The van der Waals surface area contributed by atoms with E-state index in [0.29, 0.717) is 23.3 Å². The first-order chi connectivity index (χ1) is 30.9. The summed E-state index contributed by atoms with van der Waals surface area (Å²) in [6, 6.07) is 73.8. The summed E-state index contributed by atoms with van der Waals surface area (Å²) in [5, 5.41) is 0. The van der Waals surface area contributed by atoms with Crippen LogP contribution in [0.2, 0.25) is 0 Å². The van der Waals surface area contributed by atoms with Crippen LogP contribution in [0.3, 0.4) is 0 Å². The Bertz CT molecular complexity index is 3290. The molecule has 8 aromatic carbocycles. The Morgan fingerprint density at radius 3 is 1.25 bits per heavy atom. The Hall–Kier alpha value is -8.15. The van der Waals surface area contributed by atoms with Crippen LogP contribution in [0.25, 0.3) is 101 Å². The van der Waals surface area contributed by atoms with Crippen LogP contribution in [0.1, 0.15) is 25.0 Å². The molecule has 0 saturated heterocycles. The van der Waals surface area contributed by atoms with Crippen molar-refractivity contribution in [1.29, 1.82) is 0 Å². The van der Waals surface area contributed by atoms with E-state index in [0.717, 1.165) is 67.0 Å². The maximum absolute atomic E-state index is 5.19. The lowest BCUT2D eigenvalue weighted by molar-refractivity contribution is 0.660. The highest BCUT2D eigenvalue weighted by Crippen LogP contribution is 2.49. The van der Waals surface area contributed by atoms with E-state index in [4.69, 9.17) is 24.9 Å². The largest absolute Gasteiger partial charge is 0.228 e. The molecular formula is C58H41N5. The Balaban J connectivity index is 0.977. The van der Waals surface area contributed by atoms with Crippen LogP contribution in [-0.2, 0) is 5.41 Å². The van der Waals surface area contributed by atoms with Gasteiger partial charge >= 0.3 is 0 Å². The van der Waals surface area contributed by atoms with Gasteiger partial charge in [-0.05, 0) is 68.8 Å². The number of rotatable bonds is 8. The van der Waals surface area contributed by atoms with Gasteiger partial charge in [-0.3, -0.25) is 0 Å². The van der Waals surface area contributed by atoms with E-state index in [2.05, 4.69) is 172 Å².